The van der Waals surface area contributed by atoms with Crippen LogP contribution in [0.3, 0.4) is 0 Å². The van der Waals surface area contributed by atoms with Crippen molar-refractivity contribution in [2.24, 2.45) is 0 Å². The zero-order valence-corrected chi connectivity index (χ0v) is 9.14. The Hall–Kier alpha value is -0.680. The maximum absolute atomic E-state index is 5.82. The van der Waals surface area contributed by atoms with Gasteiger partial charge in [-0.1, -0.05) is 0 Å². The molecule has 0 atom stereocenters. The lowest BCUT2D eigenvalue weighted by Crippen LogP contribution is -2.27. The number of aromatic nitrogens is 2. The second kappa shape index (κ2) is 3.82. The molecule has 0 amide bonds. The van der Waals surface area contributed by atoms with E-state index in [9.17, 15) is 0 Å². The minimum absolute atomic E-state index is 0.233. The van der Waals surface area contributed by atoms with Gasteiger partial charge in [-0.05, 0) is 32.6 Å². The molecular formula is C9H15N3OS. The van der Waals surface area contributed by atoms with E-state index in [2.05, 4.69) is 9.36 Å². The number of rotatable bonds is 3. The highest BCUT2D eigenvalue weighted by Crippen LogP contribution is 2.41. The van der Waals surface area contributed by atoms with E-state index in [1.165, 1.54) is 24.4 Å². The average molecular weight is 213 g/mol. The summed E-state index contributed by atoms with van der Waals surface area (Å²) in [5, 5.41) is 0.533. The summed E-state index contributed by atoms with van der Waals surface area (Å²) in [5.41, 5.74) is 5.36. The van der Waals surface area contributed by atoms with Crippen molar-refractivity contribution >= 4 is 16.7 Å². The molecule has 14 heavy (non-hydrogen) atoms. The molecule has 4 nitrogen and oxygen atoms in total. The number of nitrogens with zero attached hydrogens (tertiary/aromatic N) is 2. The SMILES string of the molecule is CCOC1(c2nsc(N)n2)CCCC1. The van der Waals surface area contributed by atoms with Gasteiger partial charge < -0.3 is 10.5 Å². The lowest BCUT2D eigenvalue weighted by atomic mass is 10.0. The van der Waals surface area contributed by atoms with Gasteiger partial charge in [0.1, 0.15) is 5.60 Å². The second-order valence-corrected chi connectivity index (χ2v) is 4.37. The molecule has 1 heterocycles. The standard InChI is InChI=1S/C9H15N3OS/c1-2-13-9(5-3-4-6-9)7-11-8(10)14-12-7/h2-6H2,1H3,(H2,10,11,12). The third-order valence-electron chi connectivity index (χ3n) is 2.68. The number of hydrogen-bond acceptors (Lipinski definition) is 5. The van der Waals surface area contributed by atoms with E-state index in [-0.39, 0.29) is 5.60 Å². The minimum atomic E-state index is -0.233. The van der Waals surface area contributed by atoms with E-state index in [0.717, 1.165) is 18.7 Å². The highest BCUT2D eigenvalue weighted by atomic mass is 32.1. The molecule has 0 aliphatic heterocycles. The summed E-state index contributed by atoms with van der Waals surface area (Å²) in [6.07, 6.45) is 4.44. The number of hydrogen-bond donors (Lipinski definition) is 1. The van der Waals surface area contributed by atoms with Crippen LogP contribution in [0.5, 0.6) is 0 Å². The normalized spacial score (nSPS) is 20.1. The summed E-state index contributed by atoms with van der Waals surface area (Å²) >= 11 is 1.25. The van der Waals surface area contributed by atoms with Crippen molar-refractivity contribution in [2.75, 3.05) is 12.3 Å². The van der Waals surface area contributed by atoms with Crippen LogP contribution >= 0.6 is 11.5 Å². The van der Waals surface area contributed by atoms with Crippen LogP contribution in [0.1, 0.15) is 38.4 Å². The van der Waals surface area contributed by atoms with Crippen LogP contribution in [0, 0.1) is 0 Å². The van der Waals surface area contributed by atoms with Gasteiger partial charge in [-0.2, -0.15) is 4.37 Å². The van der Waals surface area contributed by atoms with Crippen molar-refractivity contribution in [3.05, 3.63) is 5.82 Å². The molecule has 1 fully saturated rings. The van der Waals surface area contributed by atoms with Crippen molar-refractivity contribution < 1.29 is 4.74 Å². The third-order valence-corrected chi connectivity index (χ3v) is 3.22. The maximum atomic E-state index is 5.82. The molecule has 2 rings (SSSR count). The third kappa shape index (κ3) is 1.62. The van der Waals surface area contributed by atoms with Gasteiger partial charge in [0.2, 0.25) is 0 Å². The van der Waals surface area contributed by atoms with Gasteiger partial charge in [-0.15, -0.1) is 0 Å². The Morgan fingerprint density at radius 2 is 2.21 bits per heavy atom. The molecule has 78 valence electrons. The first-order valence-electron chi connectivity index (χ1n) is 5.00. The highest BCUT2D eigenvalue weighted by molar-refractivity contribution is 7.09. The topological polar surface area (TPSA) is 61.0 Å². The fraction of sp³-hybridized carbons (Fsp3) is 0.778. The van der Waals surface area contributed by atoms with Crippen LogP contribution in [0.2, 0.25) is 0 Å². The van der Waals surface area contributed by atoms with Gasteiger partial charge in [-0.25, -0.2) is 4.98 Å². The van der Waals surface area contributed by atoms with Crippen LogP contribution in [0.15, 0.2) is 0 Å². The Labute approximate surface area is 87.7 Å². The Balaban J connectivity index is 2.26. The lowest BCUT2D eigenvalue weighted by molar-refractivity contribution is -0.0447. The first kappa shape index (κ1) is 9.86. The fourth-order valence-electron chi connectivity index (χ4n) is 2.08. The molecule has 0 aromatic carbocycles. The highest BCUT2D eigenvalue weighted by Gasteiger charge is 2.39. The van der Waals surface area contributed by atoms with E-state index in [0.29, 0.717) is 11.7 Å². The van der Waals surface area contributed by atoms with Gasteiger partial charge in [0.05, 0.1) is 0 Å². The molecular weight excluding hydrogens is 198 g/mol. The van der Waals surface area contributed by atoms with Crippen LogP contribution in [0.25, 0.3) is 0 Å². The Bertz CT molecular complexity index is 307. The smallest absolute Gasteiger partial charge is 0.200 e. The monoisotopic (exact) mass is 213 g/mol. The molecule has 5 heteroatoms. The average Bonchev–Trinajstić information content (AvgIpc) is 2.75. The Morgan fingerprint density at radius 1 is 1.50 bits per heavy atom. The molecule has 0 bridgehead atoms. The maximum Gasteiger partial charge on any atom is 0.200 e. The molecule has 1 aromatic rings. The van der Waals surface area contributed by atoms with Gasteiger partial charge in [-0.3, -0.25) is 0 Å². The van der Waals surface area contributed by atoms with Crippen LogP contribution in [-0.2, 0) is 10.3 Å². The van der Waals surface area contributed by atoms with Crippen molar-refractivity contribution in [1.82, 2.24) is 9.36 Å². The summed E-state index contributed by atoms with van der Waals surface area (Å²) in [6.45, 7) is 2.72. The summed E-state index contributed by atoms with van der Waals surface area (Å²) in [7, 11) is 0. The molecule has 1 aliphatic rings. The van der Waals surface area contributed by atoms with Crippen molar-refractivity contribution in [3.8, 4) is 0 Å². The molecule has 0 unspecified atom stereocenters. The largest absolute Gasteiger partial charge is 0.374 e. The van der Waals surface area contributed by atoms with Crippen LogP contribution < -0.4 is 5.73 Å². The lowest BCUT2D eigenvalue weighted by Gasteiger charge is -2.25. The van der Waals surface area contributed by atoms with Gasteiger partial charge in [0, 0.05) is 18.1 Å². The number of nitrogens with two attached hydrogens (primary N) is 1. The first-order chi connectivity index (χ1) is 6.77. The quantitative estimate of drug-likeness (QED) is 0.833. The predicted molar refractivity (Wildman–Crippen MR) is 56.1 cm³/mol. The molecule has 1 saturated carbocycles. The Morgan fingerprint density at radius 3 is 2.71 bits per heavy atom. The fourth-order valence-corrected chi connectivity index (χ4v) is 2.59. The van der Waals surface area contributed by atoms with E-state index in [4.69, 9.17) is 10.5 Å². The number of anilines is 1. The predicted octanol–water partition coefficient (Wildman–Crippen LogP) is 1.93. The van der Waals surface area contributed by atoms with Crippen LogP contribution in [0.4, 0.5) is 5.13 Å². The van der Waals surface area contributed by atoms with E-state index < -0.39 is 0 Å². The van der Waals surface area contributed by atoms with Gasteiger partial charge in [0.15, 0.2) is 11.0 Å². The molecule has 1 aromatic heterocycles. The summed E-state index contributed by atoms with van der Waals surface area (Å²) in [6, 6.07) is 0. The minimum Gasteiger partial charge on any atom is -0.374 e. The van der Waals surface area contributed by atoms with Crippen LogP contribution in [-0.4, -0.2) is 16.0 Å². The number of ether oxygens (including phenoxy) is 1. The zero-order valence-electron chi connectivity index (χ0n) is 8.32. The molecule has 0 saturated heterocycles. The van der Waals surface area contributed by atoms with Crippen molar-refractivity contribution in [2.45, 2.75) is 38.2 Å². The number of nitrogen functional groups attached to an aromatic ring is 1. The van der Waals surface area contributed by atoms with E-state index in [1.807, 2.05) is 6.92 Å². The summed E-state index contributed by atoms with van der Waals surface area (Å²) < 4.78 is 10.1. The van der Waals surface area contributed by atoms with E-state index >= 15 is 0 Å². The molecule has 1 aliphatic carbocycles. The second-order valence-electron chi connectivity index (χ2n) is 3.59. The summed E-state index contributed by atoms with van der Waals surface area (Å²) in [5.74, 6) is 0.791. The summed E-state index contributed by atoms with van der Waals surface area (Å²) in [4.78, 5) is 4.24. The van der Waals surface area contributed by atoms with Crippen molar-refractivity contribution in [1.29, 1.82) is 0 Å². The van der Waals surface area contributed by atoms with E-state index in [1.54, 1.807) is 0 Å². The molecule has 2 N–H and O–H groups in total. The van der Waals surface area contributed by atoms with Gasteiger partial charge >= 0.3 is 0 Å². The molecule has 0 radical (unpaired) electrons. The van der Waals surface area contributed by atoms with Crippen molar-refractivity contribution in [3.63, 3.8) is 0 Å². The zero-order chi connectivity index (χ0) is 10.0. The van der Waals surface area contributed by atoms with Gasteiger partial charge in [0.25, 0.3) is 0 Å². The Kier molecular flexibility index (Phi) is 2.69. The first-order valence-corrected chi connectivity index (χ1v) is 5.78. The molecule has 0 spiro atoms.